The summed E-state index contributed by atoms with van der Waals surface area (Å²) in [6.45, 7) is 12.2. The Morgan fingerprint density at radius 3 is 2.17 bits per heavy atom. The van der Waals surface area contributed by atoms with Gasteiger partial charge in [-0.05, 0) is 44.9 Å². The minimum atomic E-state index is -0.816. The van der Waals surface area contributed by atoms with Crippen molar-refractivity contribution in [2.45, 2.75) is 78.4 Å². The van der Waals surface area contributed by atoms with Crippen LogP contribution in [0.5, 0.6) is 0 Å². The summed E-state index contributed by atoms with van der Waals surface area (Å²) in [5.41, 5.74) is 5.21. The van der Waals surface area contributed by atoms with Gasteiger partial charge in [0, 0.05) is 0 Å². The molecule has 0 aromatic heterocycles. The first-order valence-electron chi connectivity index (χ1n) is 6.99. The van der Waals surface area contributed by atoms with Crippen LogP contribution in [0.2, 0.25) is 0 Å². The normalized spacial score (nSPS) is 30.1. The molecule has 3 nitrogen and oxygen atoms in total. The fourth-order valence-electron chi connectivity index (χ4n) is 3.02. The monoisotopic (exact) mass is 255 g/mol. The molecule has 1 aliphatic rings. The second kappa shape index (κ2) is 4.84. The number of hydrogen-bond donors (Lipinski definition) is 1. The fourth-order valence-corrected chi connectivity index (χ4v) is 3.02. The van der Waals surface area contributed by atoms with Crippen LogP contribution in [-0.4, -0.2) is 17.1 Å². The van der Waals surface area contributed by atoms with Gasteiger partial charge in [-0.1, -0.05) is 33.6 Å². The molecule has 0 aromatic carbocycles. The molecule has 2 N–H and O–H groups in total. The lowest BCUT2D eigenvalue weighted by Crippen LogP contribution is -2.60. The van der Waals surface area contributed by atoms with Crippen LogP contribution in [-0.2, 0) is 9.53 Å². The smallest absolute Gasteiger partial charge is 0.326 e. The molecule has 1 rings (SSSR count). The molecule has 0 saturated heterocycles. The van der Waals surface area contributed by atoms with Crippen molar-refractivity contribution in [3.05, 3.63) is 0 Å². The molecular formula is C15H29NO2. The molecule has 0 bridgehead atoms. The summed E-state index contributed by atoms with van der Waals surface area (Å²) >= 11 is 0. The SMILES string of the molecule is CC(C)(C)OC(=O)[C@]1(N)CCCC[C@H]1C(C)(C)C. The van der Waals surface area contributed by atoms with Crippen molar-refractivity contribution >= 4 is 5.97 Å². The number of rotatable bonds is 1. The molecular weight excluding hydrogens is 226 g/mol. The summed E-state index contributed by atoms with van der Waals surface area (Å²) in [5, 5.41) is 0. The molecule has 0 unspecified atom stereocenters. The Hall–Kier alpha value is -0.570. The van der Waals surface area contributed by atoms with Gasteiger partial charge in [0.25, 0.3) is 0 Å². The molecule has 1 aliphatic carbocycles. The second-order valence-electron chi connectivity index (χ2n) is 7.71. The van der Waals surface area contributed by atoms with E-state index >= 15 is 0 Å². The summed E-state index contributed by atoms with van der Waals surface area (Å²) in [7, 11) is 0. The van der Waals surface area contributed by atoms with Gasteiger partial charge in [-0.3, -0.25) is 4.79 Å². The number of ether oxygens (including phenoxy) is 1. The van der Waals surface area contributed by atoms with Crippen LogP contribution in [0, 0.1) is 11.3 Å². The maximum atomic E-state index is 12.4. The van der Waals surface area contributed by atoms with E-state index in [0.29, 0.717) is 0 Å². The van der Waals surface area contributed by atoms with Crippen molar-refractivity contribution in [1.82, 2.24) is 0 Å². The molecule has 0 heterocycles. The lowest BCUT2D eigenvalue weighted by atomic mass is 9.62. The Morgan fingerprint density at radius 2 is 1.72 bits per heavy atom. The Kier molecular flexibility index (Phi) is 4.16. The van der Waals surface area contributed by atoms with Crippen molar-refractivity contribution in [2.24, 2.45) is 17.1 Å². The first kappa shape index (κ1) is 15.5. The van der Waals surface area contributed by atoms with E-state index in [1.165, 1.54) is 0 Å². The average molecular weight is 255 g/mol. The number of esters is 1. The highest BCUT2D eigenvalue weighted by Crippen LogP contribution is 2.44. The third-order valence-corrected chi connectivity index (χ3v) is 3.78. The largest absolute Gasteiger partial charge is 0.459 e. The molecule has 0 amide bonds. The topological polar surface area (TPSA) is 52.3 Å². The van der Waals surface area contributed by atoms with Gasteiger partial charge in [-0.15, -0.1) is 0 Å². The molecule has 1 saturated carbocycles. The van der Waals surface area contributed by atoms with Crippen LogP contribution in [0.1, 0.15) is 67.2 Å². The van der Waals surface area contributed by atoms with Crippen molar-refractivity contribution in [2.75, 3.05) is 0 Å². The molecule has 1 fully saturated rings. The fraction of sp³-hybridized carbons (Fsp3) is 0.933. The lowest BCUT2D eigenvalue weighted by molar-refractivity contribution is -0.168. The van der Waals surface area contributed by atoms with Crippen molar-refractivity contribution in [1.29, 1.82) is 0 Å². The number of nitrogens with two attached hydrogens (primary N) is 1. The summed E-state index contributed by atoms with van der Waals surface area (Å²) in [5.74, 6) is -0.0387. The van der Waals surface area contributed by atoms with Crippen LogP contribution in [0.4, 0.5) is 0 Å². The van der Waals surface area contributed by atoms with Crippen molar-refractivity contribution in [3.63, 3.8) is 0 Å². The molecule has 3 heteroatoms. The summed E-state index contributed by atoms with van der Waals surface area (Å²) in [6, 6.07) is 0. The minimum absolute atomic E-state index is 0.0338. The molecule has 2 atom stereocenters. The van der Waals surface area contributed by atoms with E-state index in [4.69, 9.17) is 10.5 Å². The van der Waals surface area contributed by atoms with Gasteiger partial charge in [0.1, 0.15) is 11.1 Å². The van der Waals surface area contributed by atoms with Gasteiger partial charge in [0.05, 0.1) is 0 Å². The van der Waals surface area contributed by atoms with Gasteiger partial charge in [0.2, 0.25) is 0 Å². The molecule has 0 aliphatic heterocycles. The maximum absolute atomic E-state index is 12.4. The zero-order valence-electron chi connectivity index (χ0n) is 12.8. The van der Waals surface area contributed by atoms with Crippen LogP contribution >= 0.6 is 0 Å². The summed E-state index contributed by atoms with van der Waals surface area (Å²) in [6.07, 6.45) is 3.93. The number of carbonyl (C=O) groups excluding carboxylic acids is 1. The van der Waals surface area contributed by atoms with Crippen LogP contribution in [0.25, 0.3) is 0 Å². The quantitative estimate of drug-likeness (QED) is 0.732. The predicted octanol–water partition coefficient (Wildman–Crippen LogP) is 3.26. The summed E-state index contributed by atoms with van der Waals surface area (Å²) < 4.78 is 5.54. The van der Waals surface area contributed by atoms with Gasteiger partial charge in [-0.2, -0.15) is 0 Å². The molecule has 18 heavy (non-hydrogen) atoms. The first-order chi connectivity index (χ1) is 7.97. The number of hydrogen-bond acceptors (Lipinski definition) is 3. The van der Waals surface area contributed by atoms with Gasteiger partial charge >= 0.3 is 5.97 Å². The van der Waals surface area contributed by atoms with E-state index in [1.807, 2.05) is 20.8 Å². The Bertz CT molecular complexity index is 311. The van der Waals surface area contributed by atoms with E-state index in [9.17, 15) is 4.79 Å². The zero-order valence-corrected chi connectivity index (χ0v) is 12.8. The van der Waals surface area contributed by atoms with E-state index < -0.39 is 11.1 Å². The Balaban J connectivity index is 2.95. The van der Waals surface area contributed by atoms with E-state index in [-0.39, 0.29) is 17.3 Å². The van der Waals surface area contributed by atoms with Crippen LogP contribution in [0.15, 0.2) is 0 Å². The predicted molar refractivity (Wildman–Crippen MR) is 74.2 cm³/mol. The minimum Gasteiger partial charge on any atom is -0.459 e. The van der Waals surface area contributed by atoms with E-state index in [2.05, 4.69) is 20.8 Å². The zero-order chi connectivity index (χ0) is 14.2. The first-order valence-corrected chi connectivity index (χ1v) is 6.99. The van der Waals surface area contributed by atoms with Gasteiger partial charge < -0.3 is 10.5 Å². The Morgan fingerprint density at radius 1 is 1.17 bits per heavy atom. The van der Waals surface area contributed by atoms with Gasteiger partial charge in [0.15, 0.2) is 0 Å². The molecule has 0 spiro atoms. The van der Waals surface area contributed by atoms with Gasteiger partial charge in [-0.25, -0.2) is 0 Å². The van der Waals surface area contributed by atoms with Crippen molar-refractivity contribution < 1.29 is 9.53 Å². The third kappa shape index (κ3) is 3.47. The average Bonchev–Trinajstić information content (AvgIpc) is 2.13. The van der Waals surface area contributed by atoms with Crippen molar-refractivity contribution in [3.8, 4) is 0 Å². The summed E-state index contributed by atoms with van der Waals surface area (Å²) in [4.78, 5) is 12.4. The molecule has 0 radical (unpaired) electrons. The standard InChI is InChI=1S/C15H29NO2/c1-13(2,3)11-9-7-8-10-15(11,16)12(17)18-14(4,5)6/h11H,7-10,16H2,1-6H3/t11-,15-/m0/s1. The highest BCUT2D eigenvalue weighted by atomic mass is 16.6. The molecule has 0 aromatic rings. The lowest BCUT2D eigenvalue weighted by Gasteiger charge is -2.46. The Labute approximate surface area is 111 Å². The number of carbonyl (C=O) groups is 1. The van der Waals surface area contributed by atoms with E-state index in [1.54, 1.807) is 0 Å². The highest BCUT2D eigenvalue weighted by Gasteiger charge is 2.50. The van der Waals surface area contributed by atoms with Crippen LogP contribution < -0.4 is 5.73 Å². The van der Waals surface area contributed by atoms with Crippen LogP contribution in [0.3, 0.4) is 0 Å². The molecule has 106 valence electrons. The third-order valence-electron chi connectivity index (χ3n) is 3.78. The maximum Gasteiger partial charge on any atom is 0.326 e. The highest BCUT2D eigenvalue weighted by molar-refractivity contribution is 5.81. The second-order valence-corrected chi connectivity index (χ2v) is 7.71. The van der Waals surface area contributed by atoms with E-state index in [0.717, 1.165) is 25.7 Å².